The van der Waals surface area contributed by atoms with Gasteiger partial charge in [0.25, 0.3) is 0 Å². The van der Waals surface area contributed by atoms with Crippen LogP contribution in [0, 0.1) is 5.92 Å². The minimum atomic E-state index is -4.46. The molecule has 1 aromatic rings. The van der Waals surface area contributed by atoms with Gasteiger partial charge >= 0.3 is 6.18 Å². The average molecular weight is 444 g/mol. The molecule has 22 heavy (non-hydrogen) atoms. The Kier molecular flexibility index (Phi) is 5.16. The van der Waals surface area contributed by atoms with Gasteiger partial charge in [-0.25, -0.2) is 0 Å². The first kappa shape index (κ1) is 17.3. The lowest BCUT2D eigenvalue weighted by Gasteiger charge is -2.18. The normalized spacial score (nSPS) is 18.7. The Labute approximate surface area is 141 Å². The lowest BCUT2D eigenvalue weighted by Crippen LogP contribution is -2.36. The summed E-state index contributed by atoms with van der Waals surface area (Å²) in [5.74, 6) is -1.93. The fraction of sp³-hybridized carbons (Fsp3) is 0.385. The number of carbonyl (C=O) groups is 2. The molecule has 0 spiro atoms. The van der Waals surface area contributed by atoms with Crippen molar-refractivity contribution >= 4 is 49.4 Å². The molecule has 0 aliphatic carbocycles. The van der Waals surface area contributed by atoms with E-state index in [1.807, 2.05) is 0 Å². The molecule has 120 valence electrons. The van der Waals surface area contributed by atoms with Gasteiger partial charge < -0.3 is 10.2 Å². The molecule has 1 aliphatic heterocycles. The van der Waals surface area contributed by atoms with Gasteiger partial charge in [0, 0.05) is 21.9 Å². The zero-order chi connectivity index (χ0) is 16.5. The van der Waals surface area contributed by atoms with Crippen molar-refractivity contribution in [1.82, 2.24) is 4.90 Å². The van der Waals surface area contributed by atoms with Crippen LogP contribution in [0.1, 0.15) is 6.42 Å². The summed E-state index contributed by atoms with van der Waals surface area (Å²) in [6, 6.07) is 5.14. The number of nitrogens with zero attached hydrogens (tertiary/aromatic N) is 1. The molecule has 1 unspecified atom stereocenters. The topological polar surface area (TPSA) is 49.4 Å². The number of carbonyl (C=O) groups excluding carboxylic acids is 2. The van der Waals surface area contributed by atoms with Gasteiger partial charge in [-0.2, -0.15) is 13.2 Å². The monoisotopic (exact) mass is 442 g/mol. The number of hydrogen-bond acceptors (Lipinski definition) is 2. The van der Waals surface area contributed by atoms with E-state index in [4.69, 9.17) is 0 Å². The van der Waals surface area contributed by atoms with Crippen LogP contribution in [0.3, 0.4) is 0 Å². The molecule has 0 saturated carbocycles. The third kappa shape index (κ3) is 4.45. The van der Waals surface area contributed by atoms with Gasteiger partial charge in [-0.15, -0.1) is 0 Å². The highest BCUT2D eigenvalue weighted by Crippen LogP contribution is 2.28. The molecule has 1 heterocycles. The summed E-state index contributed by atoms with van der Waals surface area (Å²) in [6.45, 7) is -1.55. The molecule has 0 aromatic heterocycles. The number of halogens is 5. The van der Waals surface area contributed by atoms with Crippen LogP contribution in [0.5, 0.6) is 0 Å². The number of rotatable bonds is 3. The smallest absolute Gasteiger partial charge is 0.333 e. The summed E-state index contributed by atoms with van der Waals surface area (Å²) in [5.41, 5.74) is 0.487. The summed E-state index contributed by atoms with van der Waals surface area (Å²) in [5, 5.41) is 2.62. The van der Waals surface area contributed by atoms with Crippen LogP contribution in [0.15, 0.2) is 27.1 Å². The van der Waals surface area contributed by atoms with Crippen LogP contribution in [0.2, 0.25) is 0 Å². The van der Waals surface area contributed by atoms with Gasteiger partial charge in [-0.1, -0.05) is 15.9 Å². The van der Waals surface area contributed by atoms with Crippen LogP contribution in [0.25, 0.3) is 0 Å². The summed E-state index contributed by atoms with van der Waals surface area (Å²) in [6.07, 6.45) is -4.68. The van der Waals surface area contributed by atoms with E-state index in [1.54, 1.807) is 18.2 Å². The van der Waals surface area contributed by atoms with Crippen molar-refractivity contribution in [3.8, 4) is 0 Å². The molecule has 2 amide bonds. The van der Waals surface area contributed by atoms with Gasteiger partial charge in [-0.3, -0.25) is 9.59 Å². The molecule has 1 aromatic carbocycles. The van der Waals surface area contributed by atoms with Crippen molar-refractivity contribution in [1.29, 1.82) is 0 Å². The minimum absolute atomic E-state index is 0.215. The number of alkyl halides is 3. The number of benzene rings is 1. The van der Waals surface area contributed by atoms with Gasteiger partial charge in [0.05, 0.1) is 11.6 Å². The third-order valence-electron chi connectivity index (χ3n) is 3.14. The molecule has 1 atom stereocenters. The molecule has 2 rings (SSSR count). The first-order valence-corrected chi connectivity index (χ1v) is 7.85. The lowest BCUT2D eigenvalue weighted by molar-refractivity contribution is -0.157. The minimum Gasteiger partial charge on any atom is -0.333 e. The summed E-state index contributed by atoms with van der Waals surface area (Å²) >= 11 is 6.53. The second kappa shape index (κ2) is 6.57. The van der Waals surface area contributed by atoms with E-state index in [0.29, 0.717) is 15.1 Å². The Morgan fingerprint density at radius 1 is 1.36 bits per heavy atom. The first-order chi connectivity index (χ1) is 10.2. The van der Waals surface area contributed by atoms with E-state index >= 15 is 0 Å². The number of anilines is 1. The van der Waals surface area contributed by atoms with Gasteiger partial charge in [-0.05, 0) is 34.1 Å². The van der Waals surface area contributed by atoms with Crippen LogP contribution in [0.4, 0.5) is 18.9 Å². The highest BCUT2D eigenvalue weighted by atomic mass is 79.9. The molecule has 0 bridgehead atoms. The number of amides is 2. The van der Waals surface area contributed by atoms with Crippen molar-refractivity contribution in [2.45, 2.75) is 12.6 Å². The molecule has 1 fully saturated rings. The summed E-state index contributed by atoms with van der Waals surface area (Å²) in [7, 11) is 0. The van der Waals surface area contributed by atoms with Crippen LogP contribution in [-0.2, 0) is 9.59 Å². The SMILES string of the molecule is O=C(Nc1cc(Br)ccc1Br)C1CC(=O)N(CC(F)(F)F)C1. The Hall–Kier alpha value is -1.09. The van der Waals surface area contributed by atoms with Crippen molar-refractivity contribution in [3.63, 3.8) is 0 Å². The molecule has 4 nitrogen and oxygen atoms in total. The van der Waals surface area contributed by atoms with E-state index in [2.05, 4.69) is 37.2 Å². The molecule has 1 N–H and O–H groups in total. The molecule has 9 heteroatoms. The standard InChI is InChI=1S/C13H11Br2F3N2O2/c14-8-1-2-9(15)10(4-8)19-12(22)7-3-11(21)20(5-7)6-13(16,17)18/h1-2,4,7H,3,5-6H2,(H,19,22). The Balaban J connectivity index is 2.02. The fourth-order valence-electron chi connectivity index (χ4n) is 2.15. The molecule has 1 saturated heterocycles. The van der Waals surface area contributed by atoms with Gasteiger partial charge in [0.2, 0.25) is 11.8 Å². The van der Waals surface area contributed by atoms with Crippen LogP contribution < -0.4 is 5.32 Å². The molecule has 0 radical (unpaired) electrons. The Morgan fingerprint density at radius 2 is 2.05 bits per heavy atom. The van der Waals surface area contributed by atoms with Crippen molar-refractivity contribution < 1.29 is 22.8 Å². The Bertz CT molecular complexity index is 607. The number of nitrogens with one attached hydrogen (secondary N) is 1. The largest absolute Gasteiger partial charge is 0.406 e. The van der Waals surface area contributed by atoms with Crippen LogP contribution >= 0.6 is 31.9 Å². The second-order valence-electron chi connectivity index (χ2n) is 4.90. The van der Waals surface area contributed by atoms with E-state index in [1.165, 1.54) is 0 Å². The summed E-state index contributed by atoms with van der Waals surface area (Å²) in [4.78, 5) is 24.4. The van der Waals surface area contributed by atoms with Crippen molar-refractivity contribution in [3.05, 3.63) is 27.1 Å². The predicted octanol–water partition coefficient (Wildman–Crippen LogP) is 3.56. The first-order valence-electron chi connectivity index (χ1n) is 6.26. The van der Waals surface area contributed by atoms with Crippen molar-refractivity contribution in [2.24, 2.45) is 5.92 Å². The van der Waals surface area contributed by atoms with Crippen molar-refractivity contribution in [2.75, 3.05) is 18.4 Å². The van der Waals surface area contributed by atoms with Gasteiger partial charge in [0.1, 0.15) is 6.54 Å². The van der Waals surface area contributed by atoms with Crippen LogP contribution in [-0.4, -0.2) is 36.0 Å². The maximum atomic E-state index is 12.3. The molecular formula is C13H11Br2F3N2O2. The van der Waals surface area contributed by atoms with E-state index < -0.39 is 30.5 Å². The maximum absolute atomic E-state index is 12.3. The van der Waals surface area contributed by atoms with E-state index in [-0.39, 0.29) is 13.0 Å². The highest BCUT2D eigenvalue weighted by Gasteiger charge is 2.40. The van der Waals surface area contributed by atoms with Gasteiger partial charge in [0.15, 0.2) is 0 Å². The lowest BCUT2D eigenvalue weighted by atomic mass is 10.1. The predicted molar refractivity (Wildman–Crippen MR) is 81.2 cm³/mol. The second-order valence-corrected chi connectivity index (χ2v) is 6.67. The zero-order valence-electron chi connectivity index (χ0n) is 11.1. The average Bonchev–Trinajstić information content (AvgIpc) is 2.73. The molecular weight excluding hydrogens is 433 g/mol. The highest BCUT2D eigenvalue weighted by molar-refractivity contribution is 9.11. The Morgan fingerprint density at radius 3 is 2.68 bits per heavy atom. The number of hydrogen-bond donors (Lipinski definition) is 1. The zero-order valence-corrected chi connectivity index (χ0v) is 14.3. The number of likely N-dealkylation sites (tertiary alicyclic amines) is 1. The van der Waals surface area contributed by atoms with E-state index in [0.717, 1.165) is 4.47 Å². The van der Waals surface area contributed by atoms with E-state index in [9.17, 15) is 22.8 Å². The fourth-order valence-corrected chi connectivity index (χ4v) is 2.85. The third-order valence-corrected chi connectivity index (χ3v) is 4.33. The molecule has 1 aliphatic rings. The maximum Gasteiger partial charge on any atom is 0.406 e. The summed E-state index contributed by atoms with van der Waals surface area (Å²) < 4.78 is 38.4. The quantitative estimate of drug-likeness (QED) is 0.776.